The molecule has 1 N–H and O–H groups in total. The molecule has 10 heteroatoms. The number of carbonyl (C=O) groups excluding carboxylic acids is 1. The number of hydrogen-bond donors (Lipinski definition) is 1. The van der Waals surface area contributed by atoms with Crippen molar-refractivity contribution in [3.8, 4) is 0 Å². The van der Waals surface area contributed by atoms with Crippen molar-refractivity contribution in [2.45, 2.75) is 55.5 Å². The van der Waals surface area contributed by atoms with Gasteiger partial charge in [-0.2, -0.15) is 0 Å². The van der Waals surface area contributed by atoms with Gasteiger partial charge in [-0.05, 0) is 37.1 Å². The SMILES string of the molecule is CO[C@]1(C)CN[C@H](C)CN1CC(=O)N1CC(C)(C)c2ccc(S(=O)(=O)Cc3ccccc3)cc21.Cl.Cl. The molecular weight excluding hydrogens is 521 g/mol. The van der Waals surface area contributed by atoms with E-state index in [9.17, 15) is 13.2 Å². The van der Waals surface area contributed by atoms with Crippen molar-refractivity contribution in [1.82, 2.24) is 10.2 Å². The van der Waals surface area contributed by atoms with E-state index in [1.807, 2.05) is 43.3 Å². The Kier molecular flexibility index (Phi) is 9.65. The summed E-state index contributed by atoms with van der Waals surface area (Å²) in [6.07, 6.45) is 0. The molecule has 7 nitrogen and oxygen atoms in total. The van der Waals surface area contributed by atoms with Gasteiger partial charge in [-0.15, -0.1) is 24.8 Å². The van der Waals surface area contributed by atoms with Crippen molar-refractivity contribution < 1.29 is 17.9 Å². The first-order valence-electron chi connectivity index (χ1n) is 11.7. The van der Waals surface area contributed by atoms with Crippen LogP contribution in [-0.4, -0.2) is 64.3 Å². The van der Waals surface area contributed by atoms with E-state index in [1.54, 1.807) is 24.1 Å². The second-order valence-electron chi connectivity index (χ2n) is 10.3. The van der Waals surface area contributed by atoms with Crippen LogP contribution in [0.5, 0.6) is 0 Å². The minimum absolute atomic E-state index is 0. The van der Waals surface area contributed by atoms with Crippen LogP contribution < -0.4 is 10.2 Å². The molecule has 1 fully saturated rings. The first-order valence-corrected chi connectivity index (χ1v) is 13.4. The maximum Gasteiger partial charge on any atom is 0.241 e. The maximum atomic E-state index is 13.6. The third kappa shape index (κ3) is 6.06. The molecular formula is C26H37Cl2N3O4S. The fraction of sp³-hybridized carbons (Fsp3) is 0.500. The van der Waals surface area contributed by atoms with Crippen LogP contribution in [0.2, 0.25) is 0 Å². The second kappa shape index (κ2) is 11.4. The van der Waals surface area contributed by atoms with Crippen LogP contribution in [0.1, 0.15) is 38.8 Å². The van der Waals surface area contributed by atoms with Gasteiger partial charge in [0.1, 0.15) is 5.72 Å². The second-order valence-corrected chi connectivity index (χ2v) is 12.3. The standard InChI is InChI=1S/C26H35N3O4S.2ClH/c1-19-14-28(26(4,33-5)17-27-19)15-24(30)29-18-25(2,3)22-12-11-21(13-23(22)29)34(31,32)16-20-9-7-6-8-10-20;;/h6-13,19,27H,14-18H2,1-5H3;2*1H/t19-,26-;;/m1../s1. The molecule has 2 heterocycles. The highest BCUT2D eigenvalue weighted by Crippen LogP contribution is 2.42. The molecule has 2 atom stereocenters. The number of hydrogen-bond acceptors (Lipinski definition) is 6. The van der Waals surface area contributed by atoms with Crippen molar-refractivity contribution >= 4 is 46.2 Å². The lowest BCUT2D eigenvalue weighted by Gasteiger charge is -2.46. The van der Waals surface area contributed by atoms with Crippen molar-refractivity contribution in [1.29, 1.82) is 0 Å². The van der Waals surface area contributed by atoms with Gasteiger partial charge in [-0.25, -0.2) is 8.42 Å². The number of carbonyl (C=O) groups is 1. The van der Waals surface area contributed by atoms with E-state index in [0.29, 0.717) is 25.3 Å². The van der Waals surface area contributed by atoms with E-state index in [-0.39, 0.29) is 59.4 Å². The smallest absolute Gasteiger partial charge is 0.241 e. The first-order chi connectivity index (χ1) is 15.9. The molecule has 4 rings (SSSR count). The Labute approximate surface area is 227 Å². The number of fused-ring (bicyclic) bond motifs is 1. The Bertz CT molecular complexity index is 1180. The van der Waals surface area contributed by atoms with Crippen molar-refractivity contribution in [2.24, 2.45) is 0 Å². The lowest BCUT2D eigenvalue weighted by molar-refractivity contribution is -0.150. The molecule has 200 valence electrons. The third-order valence-electron chi connectivity index (χ3n) is 7.11. The number of ether oxygens (including phenoxy) is 1. The predicted molar refractivity (Wildman–Crippen MR) is 148 cm³/mol. The molecule has 0 bridgehead atoms. The molecule has 0 radical (unpaired) electrons. The summed E-state index contributed by atoms with van der Waals surface area (Å²) in [6.45, 7) is 10.3. The Morgan fingerprint density at radius 2 is 1.78 bits per heavy atom. The summed E-state index contributed by atoms with van der Waals surface area (Å²) in [4.78, 5) is 17.6. The van der Waals surface area contributed by atoms with Crippen LogP contribution in [0.4, 0.5) is 5.69 Å². The Hall–Kier alpha value is -1.68. The minimum Gasteiger partial charge on any atom is -0.363 e. The Morgan fingerprint density at radius 3 is 2.42 bits per heavy atom. The summed E-state index contributed by atoms with van der Waals surface area (Å²) in [7, 11) is -1.89. The van der Waals surface area contributed by atoms with Crippen LogP contribution in [0, 0.1) is 0 Å². The van der Waals surface area contributed by atoms with Gasteiger partial charge >= 0.3 is 0 Å². The van der Waals surface area contributed by atoms with Gasteiger partial charge in [0.25, 0.3) is 0 Å². The fourth-order valence-electron chi connectivity index (χ4n) is 4.91. The summed E-state index contributed by atoms with van der Waals surface area (Å²) in [5, 5.41) is 3.41. The zero-order chi connectivity index (χ0) is 24.7. The molecule has 0 aliphatic carbocycles. The number of anilines is 1. The Morgan fingerprint density at radius 1 is 1.11 bits per heavy atom. The molecule has 0 unspecified atom stereocenters. The van der Waals surface area contributed by atoms with Crippen LogP contribution in [0.3, 0.4) is 0 Å². The fourth-order valence-corrected chi connectivity index (χ4v) is 6.28. The van der Waals surface area contributed by atoms with Crippen molar-refractivity contribution in [3.63, 3.8) is 0 Å². The van der Waals surface area contributed by atoms with Crippen LogP contribution in [0.15, 0.2) is 53.4 Å². The van der Waals surface area contributed by atoms with Crippen molar-refractivity contribution in [3.05, 3.63) is 59.7 Å². The monoisotopic (exact) mass is 557 g/mol. The molecule has 1 saturated heterocycles. The number of sulfone groups is 1. The number of rotatable bonds is 6. The van der Waals surface area contributed by atoms with E-state index in [0.717, 1.165) is 11.1 Å². The van der Waals surface area contributed by atoms with Gasteiger partial charge in [0, 0.05) is 43.9 Å². The summed E-state index contributed by atoms with van der Waals surface area (Å²) in [5.74, 6) is -0.128. The molecule has 0 saturated carbocycles. The molecule has 0 aromatic heterocycles. The van der Waals surface area contributed by atoms with Crippen molar-refractivity contribution in [2.75, 3.05) is 38.2 Å². The summed E-state index contributed by atoms with van der Waals surface area (Å²) in [5.41, 5.74) is 1.56. The minimum atomic E-state index is -3.55. The van der Waals surface area contributed by atoms with Gasteiger partial charge in [-0.1, -0.05) is 50.2 Å². The summed E-state index contributed by atoms with van der Waals surface area (Å²) in [6, 6.07) is 14.6. The lowest BCUT2D eigenvalue weighted by Crippen LogP contribution is -2.65. The quantitative estimate of drug-likeness (QED) is 0.582. The molecule has 0 spiro atoms. The number of halogens is 2. The van der Waals surface area contributed by atoms with E-state index in [4.69, 9.17) is 4.74 Å². The van der Waals surface area contributed by atoms with Crippen LogP contribution >= 0.6 is 24.8 Å². The molecule has 1 amide bonds. The van der Waals surface area contributed by atoms with Gasteiger partial charge < -0.3 is 15.0 Å². The number of benzene rings is 2. The first kappa shape index (κ1) is 30.5. The average Bonchev–Trinajstić information content (AvgIpc) is 3.07. The molecule has 2 aromatic carbocycles. The number of methoxy groups -OCH3 is 1. The van der Waals surface area contributed by atoms with Crippen LogP contribution in [0.25, 0.3) is 0 Å². The van der Waals surface area contributed by atoms with E-state index in [2.05, 4.69) is 31.0 Å². The van der Waals surface area contributed by atoms with Crippen LogP contribution in [-0.2, 0) is 30.5 Å². The highest BCUT2D eigenvalue weighted by molar-refractivity contribution is 7.90. The highest BCUT2D eigenvalue weighted by Gasteiger charge is 2.42. The molecule has 2 aromatic rings. The molecule has 2 aliphatic rings. The molecule has 36 heavy (non-hydrogen) atoms. The average molecular weight is 559 g/mol. The Balaban J connectivity index is 0.00000228. The highest BCUT2D eigenvalue weighted by atomic mass is 35.5. The topological polar surface area (TPSA) is 79.0 Å². The largest absolute Gasteiger partial charge is 0.363 e. The number of piperazine rings is 1. The molecule has 2 aliphatic heterocycles. The van der Waals surface area contributed by atoms with E-state index >= 15 is 0 Å². The lowest BCUT2D eigenvalue weighted by atomic mass is 9.87. The van der Waals surface area contributed by atoms with Gasteiger partial charge in [-0.3, -0.25) is 9.69 Å². The van der Waals surface area contributed by atoms with Gasteiger partial charge in [0.15, 0.2) is 9.84 Å². The maximum absolute atomic E-state index is 13.6. The summed E-state index contributed by atoms with van der Waals surface area (Å²) < 4.78 is 32.1. The summed E-state index contributed by atoms with van der Waals surface area (Å²) >= 11 is 0. The third-order valence-corrected chi connectivity index (χ3v) is 8.80. The number of amides is 1. The zero-order valence-electron chi connectivity index (χ0n) is 21.5. The zero-order valence-corrected chi connectivity index (χ0v) is 23.9. The van der Waals surface area contributed by atoms with E-state index in [1.165, 1.54) is 0 Å². The number of nitrogens with one attached hydrogen (secondary N) is 1. The van der Waals surface area contributed by atoms with Gasteiger partial charge in [0.05, 0.1) is 17.2 Å². The predicted octanol–water partition coefficient (Wildman–Crippen LogP) is 3.78. The normalized spacial score (nSPS) is 23.4. The van der Waals surface area contributed by atoms with E-state index < -0.39 is 15.6 Å². The van der Waals surface area contributed by atoms with Gasteiger partial charge in [0.2, 0.25) is 5.91 Å². The number of nitrogens with zero attached hydrogens (tertiary/aromatic N) is 2.